The minimum absolute atomic E-state index is 0.458. The fourth-order valence-corrected chi connectivity index (χ4v) is 2.07. The fourth-order valence-electron chi connectivity index (χ4n) is 2.07. The van der Waals surface area contributed by atoms with Crippen molar-refractivity contribution in [3.63, 3.8) is 0 Å². The van der Waals surface area contributed by atoms with Crippen molar-refractivity contribution >= 4 is 7.12 Å². The quantitative estimate of drug-likeness (QED) is 0.851. The van der Waals surface area contributed by atoms with Gasteiger partial charge in [0.1, 0.15) is 11.8 Å². The minimum Gasteiger partial charge on any atom is -0.496 e. The Bertz CT molecular complexity index is 443. The third-order valence-corrected chi connectivity index (χ3v) is 3.99. The molecular formula is C14H21BO4. The standard InChI is InChI=1S/C14H21BO4/c1-13(2)14(3,4)19-15(18-13)12(16)10-8-6-7-9-11(10)17-5/h6-9,12,16H,1-5H3. The topological polar surface area (TPSA) is 47.9 Å². The van der Waals surface area contributed by atoms with Crippen LogP contribution < -0.4 is 4.74 Å². The molecule has 0 spiro atoms. The van der Waals surface area contributed by atoms with Gasteiger partial charge in [-0.25, -0.2) is 0 Å². The lowest BCUT2D eigenvalue weighted by molar-refractivity contribution is 0.00578. The SMILES string of the molecule is COc1ccccc1C(O)B1OC(C)(C)C(C)(C)O1. The molecule has 1 aromatic rings. The second-order valence-electron chi connectivity index (χ2n) is 5.81. The van der Waals surface area contributed by atoms with Crippen LogP contribution >= 0.6 is 0 Å². The third kappa shape index (κ3) is 2.50. The zero-order valence-electron chi connectivity index (χ0n) is 12.1. The Kier molecular flexibility index (Phi) is 3.64. The molecular weight excluding hydrogens is 243 g/mol. The van der Waals surface area contributed by atoms with Crippen LogP contribution in [0.4, 0.5) is 0 Å². The van der Waals surface area contributed by atoms with E-state index in [-0.39, 0.29) is 0 Å². The Balaban J connectivity index is 2.24. The summed E-state index contributed by atoms with van der Waals surface area (Å²) in [5.41, 5.74) is -0.245. The molecule has 1 aliphatic heterocycles. The van der Waals surface area contributed by atoms with E-state index >= 15 is 0 Å². The van der Waals surface area contributed by atoms with E-state index in [1.54, 1.807) is 7.11 Å². The second kappa shape index (κ2) is 4.82. The van der Waals surface area contributed by atoms with Crippen molar-refractivity contribution in [3.05, 3.63) is 29.8 Å². The summed E-state index contributed by atoms with van der Waals surface area (Å²) in [5.74, 6) is 0.629. The van der Waals surface area contributed by atoms with E-state index in [4.69, 9.17) is 14.0 Å². The molecule has 19 heavy (non-hydrogen) atoms. The molecule has 1 atom stereocenters. The highest BCUT2D eigenvalue weighted by atomic mass is 16.7. The van der Waals surface area contributed by atoms with Crippen molar-refractivity contribution in [3.8, 4) is 5.75 Å². The number of rotatable bonds is 3. The van der Waals surface area contributed by atoms with E-state index in [0.29, 0.717) is 11.3 Å². The van der Waals surface area contributed by atoms with E-state index in [9.17, 15) is 5.11 Å². The summed E-state index contributed by atoms with van der Waals surface area (Å²) < 4.78 is 17.0. The molecule has 0 saturated carbocycles. The molecule has 1 N–H and O–H groups in total. The van der Waals surface area contributed by atoms with Gasteiger partial charge >= 0.3 is 7.12 Å². The molecule has 2 rings (SSSR count). The molecule has 1 unspecified atom stereocenters. The number of benzene rings is 1. The van der Waals surface area contributed by atoms with Crippen LogP contribution in [-0.4, -0.2) is 30.5 Å². The van der Waals surface area contributed by atoms with Gasteiger partial charge in [-0.3, -0.25) is 0 Å². The zero-order chi connectivity index (χ0) is 14.3. The summed E-state index contributed by atoms with van der Waals surface area (Å²) in [6, 6.07) is 6.46. The molecule has 1 aromatic carbocycles. The highest BCUT2D eigenvalue weighted by molar-refractivity contribution is 6.47. The molecule has 0 amide bonds. The largest absolute Gasteiger partial charge is 0.496 e. The van der Waals surface area contributed by atoms with Crippen LogP contribution in [0.5, 0.6) is 5.75 Å². The maximum absolute atomic E-state index is 10.5. The van der Waals surface area contributed by atoms with Gasteiger partial charge in [-0.05, 0) is 33.8 Å². The average Bonchev–Trinajstić information content (AvgIpc) is 2.57. The number of ether oxygens (including phenoxy) is 1. The molecule has 104 valence electrons. The molecule has 1 aliphatic rings. The van der Waals surface area contributed by atoms with E-state index in [2.05, 4.69) is 0 Å². The first-order chi connectivity index (χ1) is 8.78. The van der Waals surface area contributed by atoms with E-state index in [0.717, 1.165) is 0 Å². The maximum atomic E-state index is 10.5. The van der Waals surface area contributed by atoms with Crippen LogP contribution in [0.15, 0.2) is 24.3 Å². The predicted molar refractivity (Wildman–Crippen MR) is 74.0 cm³/mol. The lowest BCUT2D eigenvalue weighted by Gasteiger charge is -2.32. The van der Waals surface area contributed by atoms with Crippen LogP contribution in [0.1, 0.15) is 39.3 Å². The van der Waals surface area contributed by atoms with Gasteiger partial charge in [0.25, 0.3) is 0 Å². The summed E-state index contributed by atoms with van der Waals surface area (Å²) in [6.07, 6.45) is 0. The number of hydrogen-bond donors (Lipinski definition) is 1. The predicted octanol–water partition coefficient (Wildman–Crippen LogP) is 2.36. The van der Waals surface area contributed by atoms with Crippen LogP contribution in [0, 0.1) is 0 Å². The summed E-state index contributed by atoms with van der Waals surface area (Å²) >= 11 is 0. The lowest BCUT2D eigenvalue weighted by Crippen LogP contribution is -2.41. The highest BCUT2D eigenvalue weighted by Gasteiger charge is 2.54. The molecule has 0 radical (unpaired) electrons. The van der Waals surface area contributed by atoms with Gasteiger partial charge in [-0.15, -0.1) is 0 Å². The zero-order valence-corrected chi connectivity index (χ0v) is 12.1. The maximum Gasteiger partial charge on any atom is 0.493 e. The Morgan fingerprint density at radius 2 is 1.63 bits per heavy atom. The number of aliphatic hydroxyl groups is 1. The van der Waals surface area contributed by atoms with Gasteiger partial charge in [0.2, 0.25) is 0 Å². The first-order valence-electron chi connectivity index (χ1n) is 6.45. The molecule has 0 bridgehead atoms. The normalized spacial score (nSPS) is 22.3. The summed E-state index contributed by atoms with van der Waals surface area (Å²) in [5, 5.41) is 10.5. The Morgan fingerprint density at radius 1 is 1.11 bits per heavy atom. The summed E-state index contributed by atoms with van der Waals surface area (Å²) in [4.78, 5) is 0. The van der Waals surface area contributed by atoms with Crippen molar-refractivity contribution in [2.75, 3.05) is 7.11 Å². The van der Waals surface area contributed by atoms with Crippen LogP contribution in [0.2, 0.25) is 0 Å². The minimum atomic E-state index is -0.878. The van der Waals surface area contributed by atoms with Crippen molar-refractivity contribution in [2.24, 2.45) is 0 Å². The third-order valence-electron chi connectivity index (χ3n) is 3.99. The van der Waals surface area contributed by atoms with Gasteiger partial charge in [0.15, 0.2) is 0 Å². The number of para-hydroxylation sites is 1. The fraction of sp³-hybridized carbons (Fsp3) is 0.571. The van der Waals surface area contributed by atoms with Gasteiger partial charge < -0.3 is 19.2 Å². The van der Waals surface area contributed by atoms with E-state index in [1.165, 1.54) is 0 Å². The first kappa shape index (κ1) is 14.4. The Morgan fingerprint density at radius 3 is 2.16 bits per heavy atom. The van der Waals surface area contributed by atoms with Gasteiger partial charge in [-0.1, -0.05) is 18.2 Å². The van der Waals surface area contributed by atoms with E-state index < -0.39 is 24.3 Å². The summed E-state index contributed by atoms with van der Waals surface area (Å²) in [6.45, 7) is 7.84. The van der Waals surface area contributed by atoms with Crippen molar-refractivity contribution in [1.82, 2.24) is 0 Å². The number of hydrogen-bond acceptors (Lipinski definition) is 4. The molecule has 1 fully saturated rings. The average molecular weight is 264 g/mol. The van der Waals surface area contributed by atoms with Crippen molar-refractivity contribution < 1.29 is 19.2 Å². The van der Waals surface area contributed by atoms with Crippen LogP contribution in [0.25, 0.3) is 0 Å². The van der Waals surface area contributed by atoms with E-state index in [1.807, 2.05) is 52.0 Å². The monoisotopic (exact) mass is 264 g/mol. The smallest absolute Gasteiger partial charge is 0.493 e. The van der Waals surface area contributed by atoms with Crippen LogP contribution in [-0.2, 0) is 9.31 Å². The number of aliphatic hydroxyl groups excluding tert-OH is 1. The van der Waals surface area contributed by atoms with Crippen molar-refractivity contribution in [1.29, 1.82) is 0 Å². The molecule has 0 aromatic heterocycles. The molecule has 5 heteroatoms. The van der Waals surface area contributed by atoms with Crippen LogP contribution in [0.3, 0.4) is 0 Å². The van der Waals surface area contributed by atoms with Crippen molar-refractivity contribution in [2.45, 2.75) is 44.9 Å². The Labute approximate surface area is 114 Å². The molecule has 0 aliphatic carbocycles. The first-order valence-corrected chi connectivity index (χ1v) is 6.45. The molecule has 1 saturated heterocycles. The Hall–Kier alpha value is -1.04. The summed E-state index contributed by atoms with van der Waals surface area (Å²) in [7, 11) is 0.886. The molecule has 1 heterocycles. The van der Waals surface area contributed by atoms with Gasteiger partial charge in [0.05, 0.1) is 18.3 Å². The number of methoxy groups -OCH3 is 1. The second-order valence-corrected chi connectivity index (χ2v) is 5.81. The lowest BCUT2D eigenvalue weighted by atomic mass is 9.76. The highest BCUT2D eigenvalue weighted by Crippen LogP contribution is 2.41. The van der Waals surface area contributed by atoms with Gasteiger partial charge in [-0.2, -0.15) is 0 Å². The molecule has 4 nitrogen and oxygen atoms in total. The van der Waals surface area contributed by atoms with Gasteiger partial charge in [0, 0.05) is 5.56 Å².